The van der Waals surface area contributed by atoms with Gasteiger partial charge in [0.05, 0.1) is 6.42 Å². The predicted molar refractivity (Wildman–Crippen MR) is 104 cm³/mol. The van der Waals surface area contributed by atoms with Crippen LogP contribution >= 0.6 is 0 Å². The van der Waals surface area contributed by atoms with Crippen LogP contribution in [0.3, 0.4) is 0 Å². The molecule has 144 valence electrons. The molecule has 28 heavy (non-hydrogen) atoms. The molecule has 0 unspecified atom stereocenters. The molecule has 6 heteroatoms. The third kappa shape index (κ3) is 5.13. The third-order valence-corrected chi connectivity index (χ3v) is 4.23. The highest BCUT2D eigenvalue weighted by Gasteiger charge is 2.14. The molecule has 6 nitrogen and oxygen atoms in total. The smallest absolute Gasteiger partial charge is 0.306 e. The molecule has 2 aromatic carbocycles. The van der Waals surface area contributed by atoms with Gasteiger partial charge in [0, 0.05) is 17.9 Å². The number of ketones is 1. The largest absolute Gasteiger partial charge is 0.456 e. The molecule has 0 bridgehead atoms. The zero-order valence-corrected chi connectivity index (χ0v) is 15.9. The topological polar surface area (TPSA) is 82.3 Å². The van der Waals surface area contributed by atoms with Crippen molar-refractivity contribution < 1.29 is 18.8 Å². The van der Waals surface area contributed by atoms with Gasteiger partial charge in [-0.05, 0) is 11.1 Å². The van der Waals surface area contributed by atoms with Crippen LogP contribution in [-0.4, -0.2) is 21.9 Å². The summed E-state index contributed by atoms with van der Waals surface area (Å²) in [4.78, 5) is 28.3. The van der Waals surface area contributed by atoms with E-state index in [-0.39, 0.29) is 37.0 Å². The first kappa shape index (κ1) is 19.5. The second-order valence-electron chi connectivity index (χ2n) is 6.73. The maximum Gasteiger partial charge on any atom is 0.306 e. The third-order valence-electron chi connectivity index (χ3n) is 4.23. The van der Waals surface area contributed by atoms with Crippen molar-refractivity contribution in [1.82, 2.24) is 10.1 Å². The summed E-state index contributed by atoms with van der Waals surface area (Å²) in [6, 6.07) is 17.3. The maximum absolute atomic E-state index is 12.3. The van der Waals surface area contributed by atoms with Crippen molar-refractivity contribution >= 4 is 11.8 Å². The summed E-state index contributed by atoms with van der Waals surface area (Å²) in [6.45, 7) is 3.80. The number of nitrogens with zero attached hydrogens (tertiary/aromatic N) is 2. The first-order valence-corrected chi connectivity index (χ1v) is 9.19. The van der Waals surface area contributed by atoms with E-state index in [4.69, 9.17) is 9.26 Å². The molecule has 1 heterocycles. The molecule has 1 aromatic heterocycles. The molecule has 0 amide bonds. The van der Waals surface area contributed by atoms with Gasteiger partial charge in [-0.25, -0.2) is 0 Å². The minimum atomic E-state index is -0.474. The van der Waals surface area contributed by atoms with Gasteiger partial charge in [-0.2, -0.15) is 4.98 Å². The van der Waals surface area contributed by atoms with Crippen molar-refractivity contribution in [3.05, 3.63) is 71.9 Å². The van der Waals surface area contributed by atoms with Gasteiger partial charge in [-0.15, -0.1) is 0 Å². The van der Waals surface area contributed by atoms with Crippen molar-refractivity contribution in [1.29, 1.82) is 0 Å². The predicted octanol–water partition coefficient (Wildman–Crippen LogP) is 4.57. The van der Waals surface area contributed by atoms with E-state index in [9.17, 15) is 9.59 Å². The standard InChI is InChI=1S/C22H22N2O4/c1-15(2)22-23-20(28-24-22)14-27-21(26)13-12-19(25)18-10-8-17(9-11-18)16-6-4-3-5-7-16/h3-11,15H,12-14H2,1-2H3. The van der Waals surface area contributed by atoms with E-state index in [1.165, 1.54) is 0 Å². The summed E-state index contributed by atoms with van der Waals surface area (Å²) < 4.78 is 10.1. The Kier molecular flexibility index (Phi) is 6.32. The van der Waals surface area contributed by atoms with E-state index in [1.807, 2.05) is 56.3 Å². The average Bonchev–Trinajstić information content (AvgIpc) is 3.21. The van der Waals surface area contributed by atoms with Crippen molar-refractivity contribution in [2.75, 3.05) is 0 Å². The van der Waals surface area contributed by atoms with Gasteiger partial charge >= 0.3 is 5.97 Å². The SMILES string of the molecule is CC(C)c1noc(COC(=O)CCC(=O)c2ccc(-c3ccccc3)cc2)n1. The maximum atomic E-state index is 12.3. The van der Waals surface area contributed by atoms with Crippen LogP contribution in [0.2, 0.25) is 0 Å². The van der Waals surface area contributed by atoms with Crippen LogP contribution in [0.1, 0.15) is 54.7 Å². The molecule has 0 N–H and O–H groups in total. The lowest BCUT2D eigenvalue weighted by molar-refractivity contribution is -0.145. The fourth-order valence-electron chi connectivity index (χ4n) is 2.61. The van der Waals surface area contributed by atoms with E-state index in [0.29, 0.717) is 11.4 Å². The number of hydrogen-bond acceptors (Lipinski definition) is 6. The second kappa shape index (κ2) is 9.08. The number of aromatic nitrogens is 2. The number of benzene rings is 2. The van der Waals surface area contributed by atoms with E-state index in [1.54, 1.807) is 12.1 Å². The molecule has 0 radical (unpaired) electrons. The molecule has 3 rings (SSSR count). The zero-order chi connectivity index (χ0) is 19.9. The Bertz CT molecular complexity index is 931. The van der Waals surface area contributed by atoms with Crippen molar-refractivity contribution in [3.8, 4) is 11.1 Å². The van der Waals surface area contributed by atoms with Crippen molar-refractivity contribution in [3.63, 3.8) is 0 Å². The normalized spacial score (nSPS) is 10.8. The van der Waals surface area contributed by atoms with E-state index in [2.05, 4.69) is 10.1 Å². The highest BCUT2D eigenvalue weighted by molar-refractivity contribution is 5.97. The lowest BCUT2D eigenvalue weighted by Gasteiger charge is -2.05. The Labute approximate surface area is 163 Å². The number of carbonyl (C=O) groups is 2. The lowest BCUT2D eigenvalue weighted by atomic mass is 10.0. The molecule has 0 aliphatic heterocycles. The Morgan fingerprint density at radius 3 is 2.29 bits per heavy atom. The summed E-state index contributed by atoms with van der Waals surface area (Å²) in [7, 11) is 0. The fraction of sp³-hybridized carbons (Fsp3) is 0.273. The van der Waals surface area contributed by atoms with Gasteiger partial charge in [0.15, 0.2) is 18.2 Å². The quantitative estimate of drug-likeness (QED) is 0.422. The molecule has 0 saturated carbocycles. The monoisotopic (exact) mass is 378 g/mol. The molecule has 0 atom stereocenters. The van der Waals surface area contributed by atoms with Crippen LogP contribution in [0.5, 0.6) is 0 Å². The van der Waals surface area contributed by atoms with Crippen LogP contribution in [0, 0.1) is 0 Å². The van der Waals surface area contributed by atoms with Gasteiger partial charge in [-0.1, -0.05) is 73.6 Å². The fourth-order valence-corrected chi connectivity index (χ4v) is 2.61. The van der Waals surface area contributed by atoms with E-state index < -0.39 is 5.97 Å². The second-order valence-corrected chi connectivity index (χ2v) is 6.73. The average molecular weight is 378 g/mol. The molecule has 0 aliphatic rings. The Balaban J connectivity index is 1.47. The Morgan fingerprint density at radius 2 is 1.64 bits per heavy atom. The molecular weight excluding hydrogens is 356 g/mol. The highest BCUT2D eigenvalue weighted by Crippen LogP contribution is 2.20. The van der Waals surface area contributed by atoms with Crippen LogP contribution in [0.4, 0.5) is 0 Å². The van der Waals surface area contributed by atoms with Gasteiger partial charge in [-0.3, -0.25) is 9.59 Å². The minimum Gasteiger partial charge on any atom is -0.456 e. The summed E-state index contributed by atoms with van der Waals surface area (Å²) in [5.74, 6) is 0.383. The number of Topliss-reactive ketones (excluding diaryl/α,β-unsaturated/α-hetero) is 1. The van der Waals surface area contributed by atoms with Gasteiger partial charge in [0.2, 0.25) is 0 Å². The number of carbonyl (C=O) groups excluding carboxylic acids is 2. The molecule has 0 fully saturated rings. The van der Waals surface area contributed by atoms with Crippen LogP contribution in [-0.2, 0) is 16.1 Å². The van der Waals surface area contributed by atoms with E-state index >= 15 is 0 Å². The lowest BCUT2D eigenvalue weighted by Crippen LogP contribution is -2.08. The summed E-state index contributed by atoms with van der Waals surface area (Å²) in [5, 5.41) is 3.80. The Hall–Kier alpha value is -3.28. The van der Waals surface area contributed by atoms with E-state index in [0.717, 1.165) is 11.1 Å². The molecule has 3 aromatic rings. The van der Waals surface area contributed by atoms with Crippen LogP contribution in [0.15, 0.2) is 59.1 Å². The molecular formula is C22H22N2O4. The molecule has 0 saturated heterocycles. The summed E-state index contributed by atoms with van der Waals surface area (Å²) in [6.07, 6.45) is 0.0923. The summed E-state index contributed by atoms with van der Waals surface area (Å²) >= 11 is 0. The zero-order valence-electron chi connectivity index (χ0n) is 15.9. The molecule has 0 spiro atoms. The van der Waals surface area contributed by atoms with Crippen molar-refractivity contribution in [2.24, 2.45) is 0 Å². The number of esters is 1. The number of ether oxygens (including phenoxy) is 1. The highest BCUT2D eigenvalue weighted by atomic mass is 16.6. The van der Waals surface area contributed by atoms with Gasteiger partial charge < -0.3 is 9.26 Å². The van der Waals surface area contributed by atoms with Gasteiger partial charge in [0.25, 0.3) is 5.89 Å². The van der Waals surface area contributed by atoms with Crippen molar-refractivity contribution in [2.45, 2.75) is 39.2 Å². The number of rotatable bonds is 8. The number of hydrogen-bond donors (Lipinski definition) is 0. The molecule has 0 aliphatic carbocycles. The van der Waals surface area contributed by atoms with Gasteiger partial charge in [0.1, 0.15) is 0 Å². The first-order valence-electron chi connectivity index (χ1n) is 9.19. The van der Waals surface area contributed by atoms with Crippen LogP contribution in [0.25, 0.3) is 11.1 Å². The van der Waals surface area contributed by atoms with Crippen LogP contribution < -0.4 is 0 Å². The Morgan fingerprint density at radius 1 is 0.964 bits per heavy atom. The summed E-state index contributed by atoms with van der Waals surface area (Å²) in [5.41, 5.74) is 2.70. The first-order chi connectivity index (χ1) is 13.5. The minimum absolute atomic E-state index is 0.00441.